The van der Waals surface area contributed by atoms with Crippen molar-refractivity contribution >= 4 is 17.7 Å². The van der Waals surface area contributed by atoms with Crippen LogP contribution >= 0.6 is 11.8 Å². The largest absolute Gasteiger partial charge is 0.353 e. The number of hydrogen-bond donors (Lipinski definition) is 1. The summed E-state index contributed by atoms with van der Waals surface area (Å²) in [7, 11) is 0. The highest BCUT2D eigenvalue weighted by Gasteiger charge is 2.17. The first-order valence-electron chi connectivity index (χ1n) is 10.2. The van der Waals surface area contributed by atoms with Gasteiger partial charge in [0.25, 0.3) is 0 Å². The van der Waals surface area contributed by atoms with Gasteiger partial charge in [-0.25, -0.2) is 0 Å². The highest BCUT2D eigenvalue weighted by molar-refractivity contribution is 7.99. The summed E-state index contributed by atoms with van der Waals surface area (Å²) in [5.41, 5.74) is 2.21. The lowest BCUT2D eigenvalue weighted by Crippen LogP contribution is -2.36. The molecular weight excluding hydrogens is 368 g/mol. The first kappa shape index (κ1) is 20.6. The van der Waals surface area contributed by atoms with Crippen molar-refractivity contribution in [2.24, 2.45) is 0 Å². The standard InChI is InChI=1S/C22H30N4OS/c1-3-14-26-21(18-11-9-10-17(2)15-18)24-25-22(26)28-16-20(27)23-19-12-7-5-4-6-8-13-19/h3,9-11,15,19H,1,4-8,12-14,16H2,2H3,(H,23,27). The van der Waals surface area contributed by atoms with E-state index in [1.54, 1.807) is 0 Å². The molecule has 6 heteroatoms. The molecule has 0 atom stereocenters. The van der Waals surface area contributed by atoms with E-state index in [0.717, 1.165) is 29.4 Å². The van der Waals surface area contributed by atoms with E-state index in [9.17, 15) is 4.79 Å². The summed E-state index contributed by atoms with van der Waals surface area (Å²) in [6, 6.07) is 8.54. The number of aryl methyl sites for hydroxylation is 1. The average molecular weight is 399 g/mol. The molecule has 1 amide bonds. The third kappa shape index (κ3) is 5.71. The lowest BCUT2D eigenvalue weighted by atomic mass is 9.97. The van der Waals surface area contributed by atoms with Crippen molar-refractivity contribution in [3.63, 3.8) is 0 Å². The molecule has 0 spiro atoms. The van der Waals surface area contributed by atoms with Crippen LogP contribution in [0.25, 0.3) is 11.4 Å². The Labute approximate surface area is 172 Å². The fraction of sp³-hybridized carbons (Fsp3) is 0.500. The molecule has 0 radical (unpaired) electrons. The monoisotopic (exact) mass is 398 g/mol. The van der Waals surface area contributed by atoms with Gasteiger partial charge in [-0.3, -0.25) is 9.36 Å². The van der Waals surface area contributed by atoms with Crippen LogP contribution in [-0.4, -0.2) is 32.5 Å². The Kier molecular flexibility index (Phi) is 7.71. The van der Waals surface area contributed by atoms with Crippen LogP contribution in [0.4, 0.5) is 0 Å². The van der Waals surface area contributed by atoms with Crippen molar-refractivity contribution < 1.29 is 4.79 Å². The van der Waals surface area contributed by atoms with Gasteiger partial charge in [0.05, 0.1) is 5.75 Å². The maximum atomic E-state index is 12.5. The molecule has 0 bridgehead atoms. The Bertz CT molecular complexity index is 794. The molecule has 3 rings (SSSR count). The number of benzene rings is 1. The van der Waals surface area contributed by atoms with E-state index in [-0.39, 0.29) is 5.91 Å². The maximum Gasteiger partial charge on any atom is 0.230 e. The van der Waals surface area contributed by atoms with Crippen molar-refractivity contribution in [1.82, 2.24) is 20.1 Å². The SMILES string of the molecule is C=CCn1c(SCC(=O)NC2CCCCCCC2)nnc1-c1cccc(C)c1. The minimum Gasteiger partial charge on any atom is -0.353 e. The quantitative estimate of drug-likeness (QED) is 0.539. The molecule has 5 nitrogen and oxygen atoms in total. The van der Waals surface area contributed by atoms with Gasteiger partial charge in [-0.05, 0) is 25.8 Å². The van der Waals surface area contributed by atoms with Crippen molar-refractivity contribution in [1.29, 1.82) is 0 Å². The number of amides is 1. The summed E-state index contributed by atoms with van der Waals surface area (Å²) in [6.45, 7) is 6.53. The van der Waals surface area contributed by atoms with Gasteiger partial charge in [-0.15, -0.1) is 16.8 Å². The third-order valence-electron chi connectivity index (χ3n) is 5.11. The van der Waals surface area contributed by atoms with Crippen LogP contribution in [0.1, 0.15) is 50.5 Å². The molecule has 1 aromatic heterocycles. The molecule has 1 heterocycles. The van der Waals surface area contributed by atoms with E-state index < -0.39 is 0 Å². The molecule has 1 fully saturated rings. The van der Waals surface area contributed by atoms with E-state index >= 15 is 0 Å². The van der Waals surface area contributed by atoms with Gasteiger partial charge in [0.2, 0.25) is 5.91 Å². The van der Waals surface area contributed by atoms with Gasteiger partial charge in [-0.1, -0.05) is 73.7 Å². The van der Waals surface area contributed by atoms with Gasteiger partial charge < -0.3 is 5.32 Å². The molecule has 28 heavy (non-hydrogen) atoms. The third-order valence-corrected chi connectivity index (χ3v) is 6.07. The minimum absolute atomic E-state index is 0.0841. The number of carbonyl (C=O) groups excluding carboxylic acids is 1. The minimum atomic E-state index is 0.0841. The van der Waals surface area contributed by atoms with Crippen LogP contribution in [0, 0.1) is 6.92 Å². The molecule has 1 aliphatic carbocycles. The molecule has 150 valence electrons. The number of carbonyl (C=O) groups is 1. The molecular formula is C22H30N4OS. The molecule has 0 saturated heterocycles. The molecule has 1 aromatic carbocycles. The zero-order valence-corrected chi connectivity index (χ0v) is 17.5. The maximum absolute atomic E-state index is 12.5. The number of rotatable bonds is 7. The molecule has 2 aromatic rings. The molecule has 1 saturated carbocycles. The van der Waals surface area contributed by atoms with Gasteiger partial charge in [0.1, 0.15) is 0 Å². The Morgan fingerprint density at radius 3 is 2.71 bits per heavy atom. The number of thioether (sulfide) groups is 1. The number of aromatic nitrogens is 3. The summed E-state index contributed by atoms with van der Waals surface area (Å²) in [4.78, 5) is 12.5. The molecule has 0 unspecified atom stereocenters. The van der Waals surface area contributed by atoms with Gasteiger partial charge in [0, 0.05) is 18.2 Å². The smallest absolute Gasteiger partial charge is 0.230 e. The highest BCUT2D eigenvalue weighted by Crippen LogP contribution is 2.25. The number of hydrogen-bond acceptors (Lipinski definition) is 4. The second kappa shape index (κ2) is 10.5. The van der Waals surface area contributed by atoms with Gasteiger partial charge in [-0.2, -0.15) is 0 Å². The lowest BCUT2D eigenvalue weighted by molar-refractivity contribution is -0.119. The number of nitrogens with zero attached hydrogens (tertiary/aromatic N) is 3. The van der Waals surface area contributed by atoms with Crippen LogP contribution in [0.3, 0.4) is 0 Å². The van der Waals surface area contributed by atoms with Crippen molar-refractivity contribution in [3.05, 3.63) is 42.5 Å². The van der Waals surface area contributed by atoms with Crippen LogP contribution in [0.5, 0.6) is 0 Å². The van der Waals surface area contributed by atoms with Crippen LogP contribution in [0.2, 0.25) is 0 Å². The number of nitrogens with one attached hydrogen (secondary N) is 1. The Balaban J connectivity index is 1.63. The second-order valence-electron chi connectivity index (χ2n) is 7.47. The Morgan fingerprint density at radius 2 is 2.00 bits per heavy atom. The van der Waals surface area contributed by atoms with Crippen LogP contribution in [-0.2, 0) is 11.3 Å². The van der Waals surface area contributed by atoms with E-state index in [4.69, 9.17) is 0 Å². The van der Waals surface area contributed by atoms with E-state index in [1.807, 2.05) is 22.8 Å². The average Bonchev–Trinajstić information content (AvgIpc) is 3.05. The van der Waals surface area contributed by atoms with Crippen LogP contribution < -0.4 is 5.32 Å². The highest BCUT2D eigenvalue weighted by atomic mass is 32.2. The zero-order chi connectivity index (χ0) is 19.8. The predicted molar refractivity (Wildman–Crippen MR) is 115 cm³/mol. The van der Waals surface area contributed by atoms with Gasteiger partial charge >= 0.3 is 0 Å². The summed E-state index contributed by atoms with van der Waals surface area (Å²) in [5.74, 6) is 1.26. The van der Waals surface area contributed by atoms with Gasteiger partial charge in [0.15, 0.2) is 11.0 Å². The Morgan fingerprint density at radius 1 is 1.25 bits per heavy atom. The fourth-order valence-corrected chi connectivity index (χ4v) is 4.45. The van der Waals surface area contributed by atoms with Crippen molar-refractivity contribution in [3.8, 4) is 11.4 Å². The zero-order valence-electron chi connectivity index (χ0n) is 16.7. The second-order valence-corrected chi connectivity index (χ2v) is 8.42. The number of allylic oxidation sites excluding steroid dienone is 1. The summed E-state index contributed by atoms with van der Waals surface area (Å²) in [5, 5.41) is 12.7. The van der Waals surface area contributed by atoms with E-state index in [0.29, 0.717) is 18.3 Å². The fourth-order valence-electron chi connectivity index (χ4n) is 3.69. The lowest BCUT2D eigenvalue weighted by Gasteiger charge is -2.20. The molecule has 1 N–H and O–H groups in total. The first-order valence-corrected chi connectivity index (χ1v) is 11.2. The van der Waals surface area contributed by atoms with E-state index in [2.05, 4.69) is 41.1 Å². The van der Waals surface area contributed by atoms with Crippen molar-refractivity contribution in [2.75, 3.05) is 5.75 Å². The van der Waals surface area contributed by atoms with Crippen LogP contribution in [0.15, 0.2) is 42.1 Å². The first-order chi connectivity index (χ1) is 13.7. The topological polar surface area (TPSA) is 59.8 Å². The van der Waals surface area contributed by atoms with E-state index in [1.165, 1.54) is 49.4 Å². The van der Waals surface area contributed by atoms with Crippen molar-refractivity contribution in [2.45, 2.75) is 69.6 Å². The summed E-state index contributed by atoms with van der Waals surface area (Å²) in [6.07, 6.45) is 10.4. The normalized spacial score (nSPS) is 15.6. The summed E-state index contributed by atoms with van der Waals surface area (Å²) < 4.78 is 2.02. The molecule has 1 aliphatic rings. The molecule has 0 aliphatic heterocycles. The Hall–Kier alpha value is -2.08. The predicted octanol–water partition coefficient (Wildman–Crippen LogP) is 4.76. The summed E-state index contributed by atoms with van der Waals surface area (Å²) >= 11 is 1.44.